The molecule has 0 saturated carbocycles. The first kappa shape index (κ1) is 10.1. The van der Waals surface area contributed by atoms with E-state index in [4.69, 9.17) is 19.9 Å². The van der Waals surface area contributed by atoms with Crippen molar-refractivity contribution in [1.82, 2.24) is 0 Å². The number of benzene rings is 1. The zero-order chi connectivity index (χ0) is 10.7. The van der Waals surface area contributed by atoms with Crippen molar-refractivity contribution in [2.24, 2.45) is 5.73 Å². The summed E-state index contributed by atoms with van der Waals surface area (Å²) >= 11 is 0. The third kappa shape index (κ3) is 1.85. The average Bonchev–Trinajstić information content (AvgIpc) is 2.70. The summed E-state index contributed by atoms with van der Waals surface area (Å²) < 4.78 is 16.2. The van der Waals surface area contributed by atoms with E-state index in [0.29, 0.717) is 13.2 Å². The highest BCUT2D eigenvalue weighted by Gasteiger charge is 2.20. The van der Waals surface area contributed by atoms with Crippen LogP contribution in [0.5, 0.6) is 17.2 Å². The first-order chi connectivity index (χ1) is 7.36. The van der Waals surface area contributed by atoms with Gasteiger partial charge in [0.25, 0.3) is 0 Å². The molecule has 0 saturated heterocycles. The minimum absolute atomic E-state index is 0.280. The third-order valence-electron chi connectivity index (χ3n) is 2.29. The average molecular weight is 209 g/mol. The Hall–Kier alpha value is -1.42. The summed E-state index contributed by atoms with van der Waals surface area (Å²) in [5.41, 5.74) is 6.58. The van der Waals surface area contributed by atoms with Gasteiger partial charge in [-0.05, 0) is 32.0 Å². The quantitative estimate of drug-likeness (QED) is 0.812. The van der Waals surface area contributed by atoms with Crippen molar-refractivity contribution in [2.45, 2.75) is 13.3 Å². The zero-order valence-corrected chi connectivity index (χ0v) is 8.79. The number of nitrogens with two attached hydrogens (primary N) is 1. The molecule has 0 bridgehead atoms. The Labute approximate surface area is 88.9 Å². The van der Waals surface area contributed by atoms with Gasteiger partial charge < -0.3 is 19.9 Å². The lowest BCUT2D eigenvalue weighted by molar-refractivity contribution is 0.173. The van der Waals surface area contributed by atoms with Gasteiger partial charge in [-0.1, -0.05) is 0 Å². The van der Waals surface area contributed by atoms with Crippen LogP contribution in [0, 0.1) is 0 Å². The fourth-order valence-corrected chi connectivity index (χ4v) is 1.68. The molecule has 0 atom stereocenters. The standard InChI is InChI=1S/C11H15NO3/c1-2-13-9-3-4-10-11(15-7-14-10)8(9)5-6-12/h3-4H,2,5-7,12H2,1H3. The molecule has 0 amide bonds. The Balaban J connectivity index is 2.38. The van der Waals surface area contributed by atoms with E-state index in [-0.39, 0.29) is 6.79 Å². The summed E-state index contributed by atoms with van der Waals surface area (Å²) in [4.78, 5) is 0. The molecule has 1 aromatic rings. The second-order valence-corrected chi connectivity index (χ2v) is 3.25. The highest BCUT2D eigenvalue weighted by atomic mass is 16.7. The van der Waals surface area contributed by atoms with Crippen LogP contribution in [0.1, 0.15) is 12.5 Å². The molecule has 0 fully saturated rings. The molecular formula is C11H15NO3. The Morgan fingerprint density at radius 1 is 1.40 bits per heavy atom. The van der Waals surface area contributed by atoms with Gasteiger partial charge in [0.2, 0.25) is 6.79 Å². The molecule has 1 aliphatic heterocycles. The molecule has 0 unspecified atom stereocenters. The predicted molar refractivity (Wildman–Crippen MR) is 56.5 cm³/mol. The number of rotatable bonds is 4. The van der Waals surface area contributed by atoms with Crippen LogP contribution in [-0.2, 0) is 6.42 Å². The molecule has 0 radical (unpaired) electrons. The summed E-state index contributed by atoms with van der Waals surface area (Å²) in [5.74, 6) is 2.40. The Morgan fingerprint density at radius 3 is 3.00 bits per heavy atom. The smallest absolute Gasteiger partial charge is 0.231 e. The van der Waals surface area contributed by atoms with Crippen molar-refractivity contribution >= 4 is 0 Å². The van der Waals surface area contributed by atoms with E-state index in [1.807, 2.05) is 19.1 Å². The summed E-state index contributed by atoms with van der Waals surface area (Å²) in [5, 5.41) is 0. The molecule has 0 aliphatic carbocycles. The maximum absolute atomic E-state index is 5.57. The van der Waals surface area contributed by atoms with E-state index < -0.39 is 0 Å². The molecule has 0 spiro atoms. The summed E-state index contributed by atoms with van der Waals surface area (Å²) in [6.45, 7) is 3.44. The van der Waals surface area contributed by atoms with E-state index in [1.165, 1.54) is 0 Å². The molecule has 0 aromatic heterocycles. The van der Waals surface area contributed by atoms with Gasteiger partial charge in [-0.3, -0.25) is 0 Å². The maximum Gasteiger partial charge on any atom is 0.231 e. The van der Waals surface area contributed by atoms with E-state index in [1.54, 1.807) is 0 Å². The number of ether oxygens (including phenoxy) is 3. The Bertz CT molecular complexity index is 352. The Kier molecular flexibility index (Phi) is 2.97. The number of hydrogen-bond acceptors (Lipinski definition) is 4. The lowest BCUT2D eigenvalue weighted by Crippen LogP contribution is -2.06. The Morgan fingerprint density at radius 2 is 2.27 bits per heavy atom. The minimum Gasteiger partial charge on any atom is -0.493 e. The van der Waals surface area contributed by atoms with Crippen molar-refractivity contribution < 1.29 is 14.2 Å². The van der Waals surface area contributed by atoms with E-state index in [0.717, 1.165) is 29.2 Å². The molecule has 1 heterocycles. The minimum atomic E-state index is 0.280. The second-order valence-electron chi connectivity index (χ2n) is 3.25. The normalized spacial score (nSPS) is 12.9. The van der Waals surface area contributed by atoms with Crippen molar-refractivity contribution in [3.63, 3.8) is 0 Å². The van der Waals surface area contributed by atoms with Crippen LogP contribution in [0.4, 0.5) is 0 Å². The van der Waals surface area contributed by atoms with E-state index in [9.17, 15) is 0 Å². The van der Waals surface area contributed by atoms with Crippen LogP contribution in [0.25, 0.3) is 0 Å². The molecular weight excluding hydrogens is 194 g/mol. The molecule has 2 rings (SSSR count). The lowest BCUT2D eigenvalue weighted by atomic mass is 10.1. The third-order valence-corrected chi connectivity index (χ3v) is 2.29. The van der Waals surface area contributed by atoms with Crippen LogP contribution in [-0.4, -0.2) is 19.9 Å². The maximum atomic E-state index is 5.57. The fourth-order valence-electron chi connectivity index (χ4n) is 1.68. The topological polar surface area (TPSA) is 53.7 Å². The van der Waals surface area contributed by atoms with E-state index in [2.05, 4.69) is 0 Å². The predicted octanol–water partition coefficient (Wildman–Crippen LogP) is 1.32. The van der Waals surface area contributed by atoms with Crippen LogP contribution in [0.15, 0.2) is 12.1 Å². The van der Waals surface area contributed by atoms with Crippen molar-refractivity contribution in [2.75, 3.05) is 19.9 Å². The van der Waals surface area contributed by atoms with Crippen molar-refractivity contribution in [3.8, 4) is 17.2 Å². The van der Waals surface area contributed by atoms with Gasteiger partial charge in [0.15, 0.2) is 11.5 Å². The van der Waals surface area contributed by atoms with Crippen molar-refractivity contribution in [1.29, 1.82) is 0 Å². The van der Waals surface area contributed by atoms with E-state index >= 15 is 0 Å². The molecule has 15 heavy (non-hydrogen) atoms. The fraction of sp³-hybridized carbons (Fsp3) is 0.455. The molecule has 1 aromatic carbocycles. The molecule has 82 valence electrons. The van der Waals surface area contributed by atoms with Gasteiger partial charge >= 0.3 is 0 Å². The molecule has 4 heteroatoms. The van der Waals surface area contributed by atoms with Gasteiger partial charge in [0, 0.05) is 5.56 Å². The van der Waals surface area contributed by atoms with Crippen LogP contribution >= 0.6 is 0 Å². The first-order valence-corrected chi connectivity index (χ1v) is 5.11. The van der Waals surface area contributed by atoms with Crippen molar-refractivity contribution in [3.05, 3.63) is 17.7 Å². The summed E-state index contributed by atoms with van der Waals surface area (Å²) in [7, 11) is 0. The van der Waals surface area contributed by atoms with Gasteiger partial charge in [-0.25, -0.2) is 0 Å². The zero-order valence-electron chi connectivity index (χ0n) is 8.79. The number of hydrogen-bond donors (Lipinski definition) is 1. The first-order valence-electron chi connectivity index (χ1n) is 5.11. The molecule has 4 nitrogen and oxygen atoms in total. The van der Waals surface area contributed by atoms with Gasteiger partial charge in [-0.2, -0.15) is 0 Å². The molecule has 1 aliphatic rings. The summed E-state index contributed by atoms with van der Waals surface area (Å²) in [6, 6.07) is 3.77. The highest BCUT2D eigenvalue weighted by molar-refractivity contribution is 5.55. The number of fused-ring (bicyclic) bond motifs is 1. The van der Waals surface area contributed by atoms with Gasteiger partial charge in [0.05, 0.1) is 6.61 Å². The SMILES string of the molecule is CCOc1ccc2c(c1CCN)OCO2. The van der Waals surface area contributed by atoms with Gasteiger partial charge in [-0.15, -0.1) is 0 Å². The second kappa shape index (κ2) is 4.40. The van der Waals surface area contributed by atoms with Crippen LogP contribution in [0.3, 0.4) is 0 Å². The summed E-state index contributed by atoms with van der Waals surface area (Å²) in [6.07, 6.45) is 0.738. The highest BCUT2D eigenvalue weighted by Crippen LogP contribution is 2.40. The lowest BCUT2D eigenvalue weighted by Gasteiger charge is -2.11. The monoisotopic (exact) mass is 209 g/mol. The largest absolute Gasteiger partial charge is 0.493 e. The molecule has 2 N–H and O–H groups in total. The van der Waals surface area contributed by atoms with Crippen LogP contribution < -0.4 is 19.9 Å². The van der Waals surface area contributed by atoms with Gasteiger partial charge in [0.1, 0.15) is 5.75 Å². The van der Waals surface area contributed by atoms with Crippen LogP contribution in [0.2, 0.25) is 0 Å².